The van der Waals surface area contributed by atoms with Crippen LogP contribution in [0.4, 0.5) is 5.69 Å². The Labute approximate surface area is 151 Å². The molecule has 0 unspecified atom stereocenters. The average Bonchev–Trinajstić information content (AvgIpc) is 2.84. The van der Waals surface area contributed by atoms with Crippen LogP contribution in [0.2, 0.25) is 5.02 Å². The van der Waals surface area contributed by atoms with Gasteiger partial charge < -0.3 is 4.90 Å². The number of rotatable bonds is 2. The fraction of sp³-hybridized carbons (Fsp3) is 0.150. The van der Waals surface area contributed by atoms with Gasteiger partial charge in [-0.05, 0) is 43.2 Å². The normalized spacial score (nSPS) is 12.6. The minimum Gasteiger partial charge on any atom is -0.303 e. The van der Waals surface area contributed by atoms with Gasteiger partial charge in [0.15, 0.2) is 0 Å². The maximum absolute atomic E-state index is 12.9. The molecular formula is C20H14ClN3O. The predicted molar refractivity (Wildman–Crippen MR) is 96.7 cm³/mol. The first kappa shape index (κ1) is 16.8. The molecule has 3 rings (SSSR count). The molecule has 0 N–H and O–H groups in total. The Morgan fingerprint density at radius 2 is 1.84 bits per heavy atom. The van der Waals surface area contributed by atoms with E-state index in [1.807, 2.05) is 38.1 Å². The second-order valence-corrected chi connectivity index (χ2v) is 6.39. The second-order valence-electron chi connectivity index (χ2n) is 5.96. The number of hydrogen-bond donors (Lipinski definition) is 0. The third kappa shape index (κ3) is 2.89. The monoisotopic (exact) mass is 347 g/mol. The molecule has 1 aliphatic heterocycles. The molecule has 1 amide bonds. The fourth-order valence-electron chi connectivity index (χ4n) is 3.03. The largest absolute Gasteiger partial charge is 0.303 e. The van der Waals surface area contributed by atoms with E-state index in [0.29, 0.717) is 22.8 Å². The molecule has 0 saturated heterocycles. The molecule has 0 bridgehead atoms. The first-order valence-electron chi connectivity index (χ1n) is 7.68. The molecule has 5 heteroatoms. The van der Waals surface area contributed by atoms with Gasteiger partial charge in [-0.1, -0.05) is 35.4 Å². The highest BCUT2D eigenvalue weighted by Crippen LogP contribution is 2.40. The van der Waals surface area contributed by atoms with Crippen LogP contribution in [0, 0.1) is 36.5 Å². The number of hydrogen-bond acceptors (Lipinski definition) is 3. The summed E-state index contributed by atoms with van der Waals surface area (Å²) >= 11 is 6.06. The van der Waals surface area contributed by atoms with Crippen LogP contribution >= 0.6 is 11.6 Å². The van der Waals surface area contributed by atoms with Crippen LogP contribution in [-0.2, 0) is 11.3 Å². The topological polar surface area (TPSA) is 67.9 Å². The number of carbonyl (C=O) groups is 1. The number of nitriles is 2. The third-order valence-corrected chi connectivity index (χ3v) is 4.51. The summed E-state index contributed by atoms with van der Waals surface area (Å²) in [4.78, 5) is 14.5. The summed E-state index contributed by atoms with van der Waals surface area (Å²) in [5, 5.41) is 18.9. The van der Waals surface area contributed by atoms with Crippen molar-refractivity contribution in [1.29, 1.82) is 10.5 Å². The summed E-state index contributed by atoms with van der Waals surface area (Å²) in [6.45, 7) is 4.38. The number of fused-ring (bicyclic) bond motifs is 1. The molecule has 25 heavy (non-hydrogen) atoms. The number of carbonyl (C=O) groups excluding carboxylic acids is 1. The van der Waals surface area contributed by atoms with Crippen LogP contribution < -0.4 is 4.90 Å². The molecule has 4 nitrogen and oxygen atoms in total. The summed E-state index contributed by atoms with van der Waals surface area (Å²) in [5.41, 5.74) is 4.35. The van der Waals surface area contributed by atoms with Gasteiger partial charge in [-0.2, -0.15) is 10.5 Å². The van der Waals surface area contributed by atoms with Crippen LogP contribution in [-0.4, -0.2) is 5.91 Å². The van der Waals surface area contributed by atoms with Crippen molar-refractivity contribution in [3.63, 3.8) is 0 Å². The van der Waals surface area contributed by atoms with E-state index < -0.39 is 0 Å². The zero-order valence-corrected chi connectivity index (χ0v) is 14.6. The van der Waals surface area contributed by atoms with Crippen molar-refractivity contribution in [2.75, 3.05) is 4.90 Å². The molecule has 0 fully saturated rings. The predicted octanol–water partition coefficient (Wildman–Crippen LogP) is 4.30. The number of amides is 1. The van der Waals surface area contributed by atoms with Crippen LogP contribution in [0.5, 0.6) is 0 Å². The highest BCUT2D eigenvalue weighted by atomic mass is 35.5. The lowest BCUT2D eigenvalue weighted by Crippen LogP contribution is -2.26. The summed E-state index contributed by atoms with van der Waals surface area (Å²) < 4.78 is 0. The van der Waals surface area contributed by atoms with Crippen molar-refractivity contribution in [3.8, 4) is 12.1 Å². The Balaban J connectivity index is 2.14. The molecule has 0 aliphatic carbocycles. The van der Waals surface area contributed by atoms with Crippen LogP contribution in [0.25, 0.3) is 5.57 Å². The zero-order valence-electron chi connectivity index (χ0n) is 13.8. The van der Waals surface area contributed by atoms with Crippen LogP contribution in [0.3, 0.4) is 0 Å². The Bertz CT molecular complexity index is 993. The minimum absolute atomic E-state index is 0.118. The van der Waals surface area contributed by atoms with Gasteiger partial charge in [0.25, 0.3) is 5.91 Å². The molecule has 0 spiro atoms. The number of anilines is 1. The lowest BCUT2D eigenvalue weighted by molar-refractivity contribution is -0.113. The van der Waals surface area contributed by atoms with Gasteiger partial charge in [0.1, 0.15) is 17.7 Å². The van der Waals surface area contributed by atoms with Crippen LogP contribution in [0.15, 0.2) is 42.0 Å². The molecule has 0 saturated carbocycles. The molecule has 2 aromatic carbocycles. The van der Waals surface area contributed by atoms with Crippen molar-refractivity contribution in [2.24, 2.45) is 0 Å². The van der Waals surface area contributed by atoms with E-state index in [4.69, 9.17) is 11.6 Å². The highest BCUT2D eigenvalue weighted by Gasteiger charge is 2.35. The Morgan fingerprint density at radius 1 is 1.12 bits per heavy atom. The molecule has 2 aromatic rings. The average molecular weight is 348 g/mol. The summed E-state index contributed by atoms with van der Waals surface area (Å²) in [6, 6.07) is 14.8. The molecular weight excluding hydrogens is 334 g/mol. The summed E-state index contributed by atoms with van der Waals surface area (Å²) in [7, 11) is 0. The maximum atomic E-state index is 12.9. The number of allylic oxidation sites excluding steroid dienone is 1. The smallest absolute Gasteiger partial charge is 0.261 e. The van der Waals surface area contributed by atoms with Gasteiger partial charge in [-0.3, -0.25) is 4.79 Å². The van der Waals surface area contributed by atoms with Crippen molar-refractivity contribution in [3.05, 3.63) is 69.2 Å². The number of benzene rings is 2. The van der Waals surface area contributed by atoms with Gasteiger partial charge in [0.05, 0.1) is 17.8 Å². The number of halogens is 1. The van der Waals surface area contributed by atoms with Gasteiger partial charge in [0, 0.05) is 10.6 Å². The van der Waals surface area contributed by atoms with E-state index in [1.165, 1.54) is 0 Å². The lowest BCUT2D eigenvalue weighted by atomic mass is 10.0. The Hall–Kier alpha value is -3.08. The fourth-order valence-corrected chi connectivity index (χ4v) is 3.20. The first-order chi connectivity index (χ1) is 12.0. The second kappa shape index (κ2) is 6.43. The van der Waals surface area contributed by atoms with Crippen molar-refractivity contribution in [1.82, 2.24) is 0 Å². The molecule has 0 atom stereocenters. The van der Waals surface area contributed by atoms with Crippen molar-refractivity contribution >= 4 is 28.8 Å². The zero-order chi connectivity index (χ0) is 18.1. The highest BCUT2D eigenvalue weighted by molar-refractivity contribution is 6.36. The van der Waals surface area contributed by atoms with Gasteiger partial charge in [-0.15, -0.1) is 0 Å². The van der Waals surface area contributed by atoms with Gasteiger partial charge in [-0.25, -0.2) is 0 Å². The molecule has 0 aromatic heterocycles. The van der Waals surface area contributed by atoms with Crippen molar-refractivity contribution in [2.45, 2.75) is 20.4 Å². The first-order valence-corrected chi connectivity index (χ1v) is 8.06. The van der Waals surface area contributed by atoms with E-state index in [9.17, 15) is 15.3 Å². The Morgan fingerprint density at radius 3 is 2.48 bits per heavy atom. The van der Waals surface area contributed by atoms with Gasteiger partial charge in [0.2, 0.25) is 0 Å². The lowest BCUT2D eigenvalue weighted by Gasteiger charge is -2.19. The molecule has 0 radical (unpaired) electrons. The third-order valence-electron chi connectivity index (χ3n) is 4.28. The molecule has 122 valence electrons. The summed E-state index contributed by atoms with van der Waals surface area (Å²) in [6.07, 6.45) is 0. The van der Waals surface area contributed by atoms with E-state index >= 15 is 0 Å². The minimum atomic E-state index is -0.352. The summed E-state index contributed by atoms with van der Waals surface area (Å²) in [5.74, 6) is -0.352. The van der Waals surface area contributed by atoms with E-state index in [0.717, 1.165) is 16.7 Å². The molecule has 1 aliphatic rings. The maximum Gasteiger partial charge on any atom is 0.261 e. The van der Waals surface area contributed by atoms with E-state index in [1.54, 1.807) is 23.1 Å². The van der Waals surface area contributed by atoms with E-state index in [-0.39, 0.29) is 17.1 Å². The Kier molecular flexibility index (Phi) is 4.31. The molecule has 1 heterocycles. The number of aryl methyl sites for hydroxylation is 2. The standard InChI is InChI=1S/C20H14ClN3O/c1-12-3-4-14(13(2)7-12)11-24-18-6-5-16(21)8-17(18)19(20(24)25)15(9-22)10-23/h3-8H,11H2,1-2H3. The number of nitrogens with zero attached hydrogens (tertiary/aromatic N) is 3. The van der Waals surface area contributed by atoms with Crippen LogP contribution in [0.1, 0.15) is 22.3 Å². The van der Waals surface area contributed by atoms with Gasteiger partial charge >= 0.3 is 0 Å². The van der Waals surface area contributed by atoms with Crippen molar-refractivity contribution < 1.29 is 4.79 Å². The quantitative estimate of drug-likeness (QED) is 0.600. The van der Waals surface area contributed by atoms with E-state index in [2.05, 4.69) is 6.07 Å². The SMILES string of the molecule is Cc1ccc(CN2C(=O)C(=C(C#N)C#N)c3cc(Cl)ccc32)c(C)c1.